The van der Waals surface area contributed by atoms with Gasteiger partial charge < -0.3 is 14.7 Å². The molecule has 16 aromatic carbocycles. The number of aryl methyl sites for hydroxylation is 1. The van der Waals surface area contributed by atoms with Crippen molar-refractivity contribution in [3.05, 3.63) is 564 Å². The third-order valence-electron chi connectivity index (χ3n) is 26.6. The van der Waals surface area contributed by atoms with E-state index in [0.717, 1.165) is 60.6 Å². The largest absolute Gasteiger partial charge is 0.314 e. The van der Waals surface area contributed by atoms with Crippen LogP contribution in [0.1, 0.15) is 114 Å². The molecule has 0 bridgehead atoms. The van der Waals surface area contributed by atoms with E-state index in [1.54, 1.807) is 6.08 Å². The molecule has 0 radical (unpaired) electrons. The van der Waals surface area contributed by atoms with E-state index < -0.39 is 0 Å². The topological polar surface area (TPSA) is 9.72 Å². The highest BCUT2D eigenvalue weighted by Crippen LogP contribution is 2.52. The molecule has 0 N–H and O–H groups in total. The first-order valence-electron chi connectivity index (χ1n) is 48.0. The van der Waals surface area contributed by atoms with Gasteiger partial charge in [0.25, 0.3) is 0 Å². The van der Waals surface area contributed by atoms with Crippen molar-refractivity contribution in [1.82, 2.24) is 0 Å². The molecule has 0 amide bonds. The summed E-state index contributed by atoms with van der Waals surface area (Å²) < 4.78 is 0. The average Bonchev–Trinajstić information content (AvgIpc) is 1.56. The molecule has 666 valence electrons. The Bertz CT molecular complexity index is 7480. The Balaban J connectivity index is 0.000000142. The van der Waals surface area contributed by atoms with E-state index in [4.69, 9.17) is 0 Å². The van der Waals surface area contributed by atoms with Crippen molar-refractivity contribution in [1.29, 1.82) is 0 Å². The number of anilines is 4. The first-order valence-corrected chi connectivity index (χ1v) is 48.0. The van der Waals surface area contributed by atoms with Gasteiger partial charge in [0.05, 0.1) is 5.69 Å². The van der Waals surface area contributed by atoms with Crippen molar-refractivity contribution in [2.45, 2.75) is 97.8 Å². The summed E-state index contributed by atoms with van der Waals surface area (Å²) in [5.74, 6) is 0.766. The van der Waals surface area contributed by atoms with Gasteiger partial charge in [-0.05, 0) is 255 Å². The molecule has 0 fully saturated rings. The minimum absolute atomic E-state index is 0.0652. The summed E-state index contributed by atoms with van der Waals surface area (Å²) in [4.78, 5) is 7.27. The van der Waals surface area contributed by atoms with E-state index >= 15 is 0 Å². The molecule has 0 aromatic heterocycles. The van der Waals surface area contributed by atoms with Gasteiger partial charge in [0, 0.05) is 78.6 Å². The third kappa shape index (κ3) is 20.8. The number of hydrogen-bond donors (Lipinski definition) is 0. The van der Waals surface area contributed by atoms with Gasteiger partial charge in [0.1, 0.15) is 0 Å². The van der Waals surface area contributed by atoms with Crippen molar-refractivity contribution in [2.75, 3.05) is 14.7 Å². The van der Waals surface area contributed by atoms with Gasteiger partial charge in [0.2, 0.25) is 0 Å². The molecule has 0 heterocycles. The van der Waals surface area contributed by atoms with E-state index in [9.17, 15) is 0 Å². The highest BCUT2D eigenvalue weighted by atomic mass is 15.2. The number of fused-ring (bicyclic) bond motifs is 4. The summed E-state index contributed by atoms with van der Waals surface area (Å²) in [6.45, 7) is 23.2. The van der Waals surface area contributed by atoms with Crippen LogP contribution < -0.4 is 35.6 Å². The summed E-state index contributed by atoms with van der Waals surface area (Å²) in [7, 11) is 0. The Morgan fingerprint density at radius 1 is 0.360 bits per heavy atom. The molecule has 3 aliphatic carbocycles. The molecule has 0 aliphatic heterocycles. The lowest BCUT2D eigenvalue weighted by Gasteiger charge is -2.30. The van der Waals surface area contributed by atoms with Crippen LogP contribution in [0.3, 0.4) is 0 Å². The van der Waals surface area contributed by atoms with Crippen LogP contribution in [0.5, 0.6) is 0 Å². The highest BCUT2D eigenvalue weighted by molar-refractivity contribution is 5.99. The molecule has 136 heavy (non-hydrogen) atoms. The molecule has 0 saturated carbocycles. The Morgan fingerprint density at radius 2 is 0.787 bits per heavy atom. The summed E-state index contributed by atoms with van der Waals surface area (Å²) in [5, 5.41) is 7.37. The first-order chi connectivity index (χ1) is 66.9. The van der Waals surface area contributed by atoms with Crippen molar-refractivity contribution in [3.63, 3.8) is 0 Å². The first kappa shape index (κ1) is 91.9. The Labute approximate surface area is 806 Å². The lowest BCUT2D eigenvalue weighted by Crippen LogP contribution is -2.33. The fourth-order valence-corrected chi connectivity index (χ4v) is 19.6. The fraction of sp³-hybridized carbons (Fsp3) is 0.113. The number of rotatable bonds is 25. The lowest BCUT2D eigenvalue weighted by atomic mass is 9.81. The fourth-order valence-electron chi connectivity index (χ4n) is 19.6. The molecule has 3 aliphatic rings. The molecule has 16 aromatic rings. The summed E-state index contributed by atoms with van der Waals surface area (Å²) in [5.41, 5.74) is 34.6. The predicted octanol–water partition coefficient (Wildman–Crippen LogP) is 33.1. The quantitative estimate of drug-likeness (QED) is 0.0417. The van der Waals surface area contributed by atoms with Gasteiger partial charge in [-0.15, -0.1) is 6.58 Å². The zero-order valence-electron chi connectivity index (χ0n) is 79.3. The molecule has 3 nitrogen and oxygen atoms in total. The third-order valence-corrected chi connectivity index (χ3v) is 26.6. The summed E-state index contributed by atoms with van der Waals surface area (Å²) in [6.07, 6.45) is 41.9. The van der Waals surface area contributed by atoms with Crippen LogP contribution in [-0.2, 0) is 11.8 Å². The Morgan fingerprint density at radius 3 is 1.29 bits per heavy atom. The van der Waals surface area contributed by atoms with Crippen molar-refractivity contribution in [3.8, 4) is 77.9 Å². The van der Waals surface area contributed by atoms with Crippen molar-refractivity contribution in [2.24, 2.45) is 0 Å². The van der Waals surface area contributed by atoms with Crippen LogP contribution in [0.4, 0.5) is 22.7 Å². The second-order valence-corrected chi connectivity index (χ2v) is 35.4. The Hall–Kier alpha value is -15.9. The maximum atomic E-state index is 3.92. The van der Waals surface area contributed by atoms with E-state index in [1.165, 1.54) is 160 Å². The van der Waals surface area contributed by atoms with E-state index in [-0.39, 0.29) is 5.41 Å². The minimum atomic E-state index is -0.0652. The Kier molecular flexibility index (Phi) is 29.8. The van der Waals surface area contributed by atoms with Gasteiger partial charge in [-0.2, -0.15) is 0 Å². The molecular weight excluding hydrogens is 1640 g/mol. The molecular formula is C133H119N3. The van der Waals surface area contributed by atoms with Crippen LogP contribution in [0.25, 0.3) is 112 Å². The monoisotopic (exact) mass is 1760 g/mol. The van der Waals surface area contributed by atoms with E-state index in [1.807, 2.05) is 18.2 Å². The number of benzene rings is 16. The average molecular weight is 1760 g/mol. The van der Waals surface area contributed by atoms with Crippen LogP contribution in [-0.4, -0.2) is 0 Å². The van der Waals surface area contributed by atoms with E-state index in [2.05, 4.69) is 550 Å². The highest BCUT2D eigenvalue weighted by Gasteiger charge is 2.36. The van der Waals surface area contributed by atoms with Crippen LogP contribution >= 0.6 is 0 Å². The van der Waals surface area contributed by atoms with E-state index in [0.29, 0.717) is 11.8 Å². The van der Waals surface area contributed by atoms with Gasteiger partial charge in [-0.1, -0.05) is 451 Å². The minimum Gasteiger partial charge on any atom is -0.314 e. The molecule has 3 heteroatoms. The SMILES string of the molecule is C/C=c1/cccc/c1=C(/C)N(C1=CCC(c2ccccc2)C=C1)c1ccc(-c2ccccc2)c(-c2ccccc2)c1.C=C/C=C\C=C\C/C=C\C(=C/C)N(c1ccc(-c2ccc3c(c2)C(C)(C)c2ccccc2-3)c(-c2ccccc2)c1)c1cccc2ccccc12.C=CCCc1cccc(-c2ccc(N(C3=CCC(c4ccccc4)C=C3)/C(C)=c3\cccc\c3=C\C)cc2-c2ccccc2)c1. The lowest BCUT2D eigenvalue weighted by molar-refractivity contribution is 0.660. The molecule has 2 atom stereocenters. The summed E-state index contributed by atoms with van der Waals surface area (Å²) in [6, 6.07) is 143. The normalized spacial score (nSPS) is 14.9. The maximum Gasteiger partial charge on any atom is 0.0539 e. The van der Waals surface area contributed by atoms with Gasteiger partial charge in [-0.25, -0.2) is 0 Å². The summed E-state index contributed by atoms with van der Waals surface area (Å²) >= 11 is 0. The van der Waals surface area contributed by atoms with Crippen LogP contribution in [0.2, 0.25) is 0 Å². The number of nitrogens with zero attached hydrogens (tertiary/aromatic N) is 3. The molecule has 19 rings (SSSR count). The smallest absolute Gasteiger partial charge is 0.0539 e. The molecule has 0 spiro atoms. The van der Waals surface area contributed by atoms with Crippen LogP contribution in [0, 0.1) is 0 Å². The van der Waals surface area contributed by atoms with Crippen molar-refractivity contribution >= 4 is 57.1 Å². The second-order valence-electron chi connectivity index (χ2n) is 35.4. The van der Waals surface area contributed by atoms with Crippen LogP contribution in [0.15, 0.2) is 516 Å². The van der Waals surface area contributed by atoms with Gasteiger partial charge in [-0.3, -0.25) is 0 Å². The zero-order valence-corrected chi connectivity index (χ0v) is 79.3. The van der Waals surface area contributed by atoms with Crippen molar-refractivity contribution < 1.29 is 0 Å². The standard InChI is InChI=1S/C49H43N.C44H41N.C40H35N/c1-5-7-8-9-10-11-15-25-39(6-2)50(48-29-20-24-36-23-16-17-26-42(36)48)40-31-33-41(45(35-40)37-21-13-12-14-22-37)38-30-32-44-43-27-18-19-28-46(43)49(3,4)47(44)34-38;1-4-6-16-34-17-15-23-39(31-34)43-30-29-41(32-44(43)38-21-11-8-12-22-38)45(33(3)42-24-14-13-18-35(42)5-2)40-27-25-37(26-28-40)36-19-9-7-10-20-36;1-3-31-15-13-14-22-38(31)30(2)41(36-25-23-33(24-26-36)32-16-7-4-8-17-32)37-27-28-39(34-18-9-5-10-19-34)40(29-37)35-20-11-6-12-21-35/h5-10,12-35H,1,11H2,2-4H3;4-5,7-15,17-25,27-32,37H,1,6,16,26H2,2-3H3;3-23,25-29,33H,24H2,1-2H3/b8-7-,10-9+,25-15-,39-6+;35-5-,42-33+;31-3-,38-30+. The number of hydrogen-bond acceptors (Lipinski definition) is 3. The second kappa shape index (κ2) is 44.1. The number of allylic oxidation sites excluding steroid dienone is 15. The zero-order chi connectivity index (χ0) is 93.5. The maximum absolute atomic E-state index is 3.92. The predicted molar refractivity (Wildman–Crippen MR) is 587 cm³/mol. The van der Waals surface area contributed by atoms with Gasteiger partial charge in [0.15, 0.2) is 0 Å². The molecule has 2 unspecified atom stereocenters. The molecule has 0 saturated heterocycles. The van der Waals surface area contributed by atoms with Gasteiger partial charge >= 0.3 is 0 Å².